The number of hydrogen-bond acceptors (Lipinski definition) is 2. The van der Waals surface area contributed by atoms with Crippen molar-refractivity contribution < 1.29 is 9.53 Å². The number of unbranched alkanes of at least 4 members (excludes halogenated alkanes) is 5. The van der Waals surface area contributed by atoms with Crippen LogP contribution < -0.4 is 0 Å². The van der Waals surface area contributed by atoms with Gasteiger partial charge < -0.3 is 4.74 Å². The molecular weight excluding hydrogens is 200 g/mol. The normalized spacial score (nSPS) is 14.5. The summed E-state index contributed by atoms with van der Waals surface area (Å²) in [5.74, 6) is 0.415. The van der Waals surface area contributed by atoms with Gasteiger partial charge in [0.2, 0.25) is 0 Å². The quantitative estimate of drug-likeness (QED) is 0.437. The fourth-order valence-corrected chi connectivity index (χ4v) is 1.91. The molecular formula is C14H28O2. The molecule has 0 aliphatic heterocycles. The molecule has 0 radical (unpaired) electrons. The van der Waals surface area contributed by atoms with E-state index in [1.165, 1.54) is 45.6 Å². The zero-order valence-electron chi connectivity index (χ0n) is 11.4. The number of ether oxygens (including phenoxy) is 1. The molecule has 0 aliphatic carbocycles. The molecule has 0 heterocycles. The summed E-state index contributed by atoms with van der Waals surface area (Å²) in [5.41, 5.74) is 0. The minimum absolute atomic E-state index is 0.0423. The molecule has 2 unspecified atom stereocenters. The van der Waals surface area contributed by atoms with E-state index < -0.39 is 0 Å². The monoisotopic (exact) mass is 228 g/mol. The Balaban J connectivity index is 3.49. The van der Waals surface area contributed by atoms with Crippen molar-refractivity contribution in [3.63, 3.8) is 0 Å². The molecule has 0 aliphatic rings. The molecule has 0 aromatic carbocycles. The van der Waals surface area contributed by atoms with Crippen molar-refractivity contribution >= 4 is 5.97 Å². The van der Waals surface area contributed by atoms with Gasteiger partial charge in [0.15, 0.2) is 0 Å². The Morgan fingerprint density at radius 2 is 1.62 bits per heavy atom. The van der Waals surface area contributed by atoms with Gasteiger partial charge in [-0.05, 0) is 12.3 Å². The summed E-state index contributed by atoms with van der Waals surface area (Å²) >= 11 is 0. The van der Waals surface area contributed by atoms with E-state index in [1.54, 1.807) is 0 Å². The van der Waals surface area contributed by atoms with Crippen LogP contribution in [0, 0.1) is 11.8 Å². The van der Waals surface area contributed by atoms with Crippen LogP contribution in [0.15, 0.2) is 0 Å². The van der Waals surface area contributed by atoms with Gasteiger partial charge in [0.1, 0.15) is 0 Å². The first-order valence-electron chi connectivity index (χ1n) is 6.71. The average molecular weight is 228 g/mol. The SMILES string of the molecule is CCCCCCCCC(C)C(C)C(=O)OC. The van der Waals surface area contributed by atoms with Crippen LogP contribution in [-0.2, 0) is 9.53 Å². The van der Waals surface area contributed by atoms with Crippen LogP contribution in [0.4, 0.5) is 0 Å². The van der Waals surface area contributed by atoms with E-state index >= 15 is 0 Å². The molecule has 0 saturated heterocycles. The number of carbonyl (C=O) groups excluding carboxylic acids is 1. The molecule has 0 rings (SSSR count). The molecule has 0 aromatic heterocycles. The molecule has 2 atom stereocenters. The van der Waals surface area contributed by atoms with Crippen molar-refractivity contribution in [3.05, 3.63) is 0 Å². The maximum atomic E-state index is 11.3. The first kappa shape index (κ1) is 15.5. The first-order chi connectivity index (χ1) is 7.63. The lowest BCUT2D eigenvalue weighted by atomic mass is 9.90. The fourth-order valence-electron chi connectivity index (χ4n) is 1.91. The molecule has 0 amide bonds. The van der Waals surface area contributed by atoms with Crippen LogP contribution in [0.5, 0.6) is 0 Å². The summed E-state index contributed by atoms with van der Waals surface area (Å²) in [7, 11) is 1.47. The lowest BCUT2D eigenvalue weighted by Gasteiger charge is -2.17. The highest BCUT2D eigenvalue weighted by molar-refractivity contribution is 5.72. The molecule has 0 N–H and O–H groups in total. The second-order valence-corrected chi connectivity index (χ2v) is 4.85. The highest BCUT2D eigenvalue weighted by Crippen LogP contribution is 2.20. The standard InChI is InChI=1S/C14H28O2/c1-5-6-7-8-9-10-11-12(2)13(3)14(15)16-4/h12-13H,5-11H2,1-4H3. The summed E-state index contributed by atoms with van der Waals surface area (Å²) in [4.78, 5) is 11.3. The fraction of sp³-hybridized carbons (Fsp3) is 0.929. The topological polar surface area (TPSA) is 26.3 Å². The smallest absolute Gasteiger partial charge is 0.308 e. The van der Waals surface area contributed by atoms with Crippen molar-refractivity contribution in [2.45, 2.75) is 65.7 Å². The van der Waals surface area contributed by atoms with Crippen molar-refractivity contribution in [2.75, 3.05) is 7.11 Å². The molecule has 0 spiro atoms. The Bertz CT molecular complexity index is 178. The van der Waals surface area contributed by atoms with E-state index in [0.29, 0.717) is 5.92 Å². The van der Waals surface area contributed by atoms with Crippen molar-refractivity contribution in [3.8, 4) is 0 Å². The lowest BCUT2D eigenvalue weighted by molar-refractivity contribution is -0.146. The van der Waals surface area contributed by atoms with E-state index in [-0.39, 0.29) is 11.9 Å². The molecule has 16 heavy (non-hydrogen) atoms. The molecule has 96 valence electrons. The van der Waals surface area contributed by atoms with Gasteiger partial charge in [0.05, 0.1) is 13.0 Å². The Labute approximate surface area is 101 Å². The summed E-state index contributed by atoms with van der Waals surface area (Å²) in [6.45, 7) is 6.35. The van der Waals surface area contributed by atoms with Crippen LogP contribution in [0.1, 0.15) is 65.7 Å². The van der Waals surface area contributed by atoms with Crippen LogP contribution in [0.25, 0.3) is 0 Å². The van der Waals surface area contributed by atoms with Crippen molar-refractivity contribution in [1.29, 1.82) is 0 Å². The van der Waals surface area contributed by atoms with Crippen molar-refractivity contribution in [1.82, 2.24) is 0 Å². The highest BCUT2D eigenvalue weighted by Gasteiger charge is 2.19. The Hall–Kier alpha value is -0.530. The van der Waals surface area contributed by atoms with Gasteiger partial charge in [0.25, 0.3) is 0 Å². The first-order valence-corrected chi connectivity index (χ1v) is 6.71. The zero-order chi connectivity index (χ0) is 12.4. The van der Waals surface area contributed by atoms with Crippen LogP contribution in [-0.4, -0.2) is 13.1 Å². The zero-order valence-corrected chi connectivity index (χ0v) is 11.4. The molecule has 2 heteroatoms. The molecule has 0 aromatic rings. The lowest BCUT2D eigenvalue weighted by Crippen LogP contribution is -2.20. The van der Waals surface area contributed by atoms with Gasteiger partial charge in [-0.3, -0.25) is 4.79 Å². The van der Waals surface area contributed by atoms with Gasteiger partial charge in [-0.2, -0.15) is 0 Å². The number of methoxy groups -OCH3 is 1. The Kier molecular flexibility index (Phi) is 9.36. The third-order valence-corrected chi connectivity index (χ3v) is 3.44. The minimum atomic E-state index is -0.0708. The maximum Gasteiger partial charge on any atom is 0.308 e. The second-order valence-electron chi connectivity index (χ2n) is 4.85. The minimum Gasteiger partial charge on any atom is -0.469 e. The maximum absolute atomic E-state index is 11.3. The van der Waals surface area contributed by atoms with E-state index in [1.807, 2.05) is 6.92 Å². The summed E-state index contributed by atoms with van der Waals surface area (Å²) < 4.78 is 4.75. The predicted molar refractivity (Wildman–Crippen MR) is 68.3 cm³/mol. The van der Waals surface area contributed by atoms with Gasteiger partial charge in [-0.15, -0.1) is 0 Å². The third-order valence-electron chi connectivity index (χ3n) is 3.44. The summed E-state index contributed by atoms with van der Waals surface area (Å²) in [6.07, 6.45) is 9.04. The van der Waals surface area contributed by atoms with Gasteiger partial charge in [-0.1, -0.05) is 59.3 Å². The predicted octanol–water partition coefficient (Wildman–Crippen LogP) is 4.18. The van der Waals surface area contributed by atoms with E-state index in [0.717, 1.165) is 6.42 Å². The highest BCUT2D eigenvalue weighted by atomic mass is 16.5. The van der Waals surface area contributed by atoms with E-state index in [9.17, 15) is 4.79 Å². The Morgan fingerprint density at radius 3 is 2.19 bits per heavy atom. The van der Waals surface area contributed by atoms with Gasteiger partial charge >= 0.3 is 5.97 Å². The second kappa shape index (κ2) is 9.68. The number of carbonyl (C=O) groups is 1. The van der Waals surface area contributed by atoms with Gasteiger partial charge in [-0.25, -0.2) is 0 Å². The van der Waals surface area contributed by atoms with Crippen LogP contribution in [0.2, 0.25) is 0 Å². The molecule has 0 bridgehead atoms. The molecule has 0 saturated carbocycles. The largest absolute Gasteiger partial charge is 0.469 e. The average Bonchev–Trinajstić information content (AvgIpc) is 2.31. The summed E-state index contributed by atoms with van der Waals surface area (Å²) in [6, 6.07) is 0. The van der Waals surface area contributed by atoms with Gasteiger partial charge in [0, 0.05) is 0 Å². The number of rotatable bonds is 9. The van der Waals surface area contributed by atoms with E-state index in [4.69, 9.17) is 4.74 Å². The Morgan fingerprint density at radius 1 is 1.06 bits per heavy atom. The third kappa shape index (κ3) is 6.86. The van der Waals surface area contributed by atoms with Crippen molar-refractivity contribution in [2.24, 2.45) is 11.8 Å². The summed E-state index contributed by atoms with van der Waals surface area (Å²) in [5, 5.41) is 0. The van der Waals surface area contributed by atoms with Crippen LogP contribution >= 0.6 is 0 Å². The number of esters is 1. The van der Waals surface area contributed by atoms with E-state index in [2.05, 4.69) is 13.8 Å². The molecule has 2 nitrogen and oxygen atoms in total. The van der Waals surface area contributed by atoms with Crippen LogP contribution in [0.3, 0.4) is 0 Å². The number of hydrogen-bond donors (Lipinski definition) is 0. The molecule has 0 fully saturated rings.